The zero-order valence-corrected chi connectivity index (χ0v) is 7.88. The van der Waals surface area contributed by atoms with E-state index in [0.29, 0.717) is 6.20 Å². The summed E-state index contributed by atoms with van der Waals surface area (Å²) in [6, 6.07) is 0. The second-order valence-electron chi connectivity index (χ2n) is 2.97. The molecule has 94 valence electrons. The third kappa shape index (κ3) is 3.14. The molecule has 0 aliphatic carbocycles. The average molecular weight is 258 g/mol. The largest absolute Gasteiger partial charge is 0.407 e. The van der Waals surface area contributed by atoms with Crippen LogP contribution in [0.3, 0.4) is 0 Å². The van der Waals surface area contributed by atoms with Crippen LogP contribution < -0.4 is 0 Å². The Morgan fingerprint density at radius 1 is 1.06 bits per heavy atom. The van der Waals surface area contributed by atoms with E-state index in [1.165, 1.54) is 0 Å². The maximum absolute atomic E-state index is 12.2. The van der Waals surface area contributed by atoms with Crippen molar-refractivity contribution in [2.45, 2.75) is 12.4 Å². The number of alkyl halides is 6. The van der Waals surface area contributed by atoms with Crippen LogP contribution >= 0.6 is 0 Å². The maximum Gasteiger partial charge on any atom is 0.407 e. The van der Waals surface area contributed by atoms with Gasteiger partial charge in [-0.3, -0.25) is 9.78 Å². The predicted molar refractivity (Wildman–Crippen MR) is 42.0 cm³/mol. The second-order valence-corrected chi connectivity index (χ2v) is 2.97. The van der Waals surface area contributed by atoms with Crippen molar-refractivity contribution in [1.82, 2.24) is 9.97 Å². The Balaban J connectivity index is 3.14. The van der Waals surface area contributed by atoms with Gasteiger partial charge in [0, 0.05) is 12.4 Å². The molecule has 0 amide bonds. The fourth-order valence-corrected chi connectivity index (χ4v) is 1.06. The van der Waals surface area contributed by atoms with E-state index < -0.39 is 29.7 Å². The molecule has 0 unspecified atom stereocenters. The summed E-state index contributed by atoms with van der Waals surface area (Å²) in [5.41, 5.74) is -0.979. The molecule has 0 aliphatic rings. The lowest BCUT2D eigenvalue weighted by Gasteiger charge is -2.20. The number of aromatic nitrogens is 2. The van der Waals surface area contributed by atoms with E-state index in [1.54, 1.807) is 0 Å². The molecule has 0 radical (unpaired) electrons. The predicted octanol–water partition coefficient (Wildman–Crippen LogP) is 2.40. The van der Waals surface area contributed by atoms with E-state index in [0.717, 1.165) is 12.4 Å². The molecule has 1 heterocycles. The molecule has 1 rings (SSSR count). The van der Waals surface area contributed by atoms with Crippen LogP contribution in [0.4, 0.5) is 26.3 Å². The monoisotopic (exact) mass is 258 g/mol. The lowest BCUT2D eigenvalue weighted by Crippen LogP contribution is -2.42. The number of carbonyl (C=O) groups excluding carboxylic acids is 1. The molecule has 0 saturated heterocycles. The molecule has 0 saturated carbocycles. The summed E-state index contributed by atoms with van der Waals surface area (Å²) < 4.78 is 73.0. The number of carbonyl (C=O) groups is 1. The minimum Gasteiger partial charge on any atom is -0.291 e. The zero-order chi connectivity index (χ0) is 13.3. The van der Waals surface area contributed by atoms with E-state index in [4.69, 9.17) is 0 Å². The lowest BCUT2D eigenvalue weighted by molar-refractivity contribution is -0.265. The maximum atomic E-state index is 12.2. The second kappa shape index (κ2) is 4.30. The van der Waals surface area contributed by atoms with E-state index >= 15 is 0 Å². The number of hydrogen-bond donors (Lipinski definition) is 0. The van der Waals surface area contributed by atoms with Gasteiger partial charge in [0.1, 0.15) is 5.69 Å². The van der Waals surface area contributed by atoms with Gasteiger partial charge in [0.25, 0.3) is 0 Å². The van der Waals surface area contributed by atoms with Crippen molar-refractivity contribution in [3.05, 3.63) is 24.3 Å². The first kappa shape index (κ1) is 13.4. The van der Waals surface area contributed by atoms with Gasteiger partial charge in [-0.25, -0.2) is 4.98 Å². The summed E-state index contributed by atoms with van der Waals surface area (Å²) in [6.07, 6.45) is -9.03. The quantitative estimate of drug-likeness (QED) is 0.604. The fourth-order valence-electron chi connectivity index (χ4n) is 1.06. The fraction of sp³-hybridized carbons (Fsp3) is 0.375. The summed E-state index contributed by atoms with van der Waals surface area (Å²) in [5.74, 6) is -6.25. The first-order chi connectivity index (χ1) is 7.64. The molecule has 0 spiro atoms. The molecular formula is C8H4F6N2O. The van der Waals surface area contributed by atoms with Crippen LogP contribution in [-0.2, 0) is 0 Å². The topological polar surface area (TPSA) is 42.9 Å². The van der Waals surface area contributed by atoms with Gasteiger partial charge in [0.2, 0.25) is 11.7 Å². The summed E-state index contributed by atoms with van der Waals surface area (Å²) in [4.78, 5) is 17.4. The standard InChI is InChI=1S/C8H4F6N2O/c9-7(10,11)6(8(12,13)14)5(17)4-3-15-1-2-16-4/h1-3,6H. The van der Waals surface area contributed by atoms with E-state index in [1.807, 2.05) is 0 Å². The molecule has 0 fully saturated rings. The average Bonchev–Trinajstić information content (AvgIpc) is 2.14. The number of Topliss-reactive ketones (excluding diaryl/α,β-unsaturated/α-hetero) is 1. The van der Waals surface area contributed by atoms with Crippen LogP contribution in [0.5, 0.6) is 0 Å². The van der Waals surface area contributed by atoms with Gasteiger partial charge in [0.15, 0.2) is 0 Å². The molecule has 0 aromatic carbocycles. The summed E-state index contributed by atoms with van der Waals surface area (Å²) in [5, 5.41) is 0. The Morgan fingerprint density at radius 2 is 1.59 bits per heavy atom. The van der Waals surface area contributed by atoms with Gasteiger partial charge in [-0.15, -0.1) is 0 Å². The van der Waals surface area contributed by atoms with Gasteiger partial charge in [0.05, 0.1) is 6.20 Å². The smallest absolute Gasteiger partial charge is 0.291 e. The highest BCUT2D eigenvalue weighted by molar-refractivity contribution is 5.96. The third-order valence-corrected chi connectivity index (χ3v) is 1.73. The minimum absolute atomic E-state index is 0.548. The molecule has 3 nitrogen and oxygen atoms in total. The molecule has 0 bridgehead atoms. The van der Waals surface area contributed by atoms with Crippen molar-refractivity contribution >= 4 is 5.78 Å². The summed E-state index contributed by atoms with van der Waals surface area (Å²) >= 11 is 0. The van der Waals surface area contributed by atoms with Crippen LogP contribution in [0.1, 0.15) is 10.5 Å². The number of rotatable bonds is 2. The Bertz CT molecular complexity index is 385. The highest BCUT2D eigenvalue weighted by Crippen LogP contribution is 2.40. The zero-order valence-electron chi connectivity index (χ0n) is 7.88. The summed E-state index contributed by atoms with van der Waals surface area (Å²) in [6.45, 7) is 0. The number of ketones is 1. The van der Waals surface area contributed by atoms with Gasteiger partial charge < -0.3 is 0 Å². The molecule has 0 atom stereocenters. The number of nitrogens with zero attached hydrogens (tertiary/aromatic N) is 2. The Labute approximate surface area is 90.5 Å². The van der Waals surface area contributed by atoms with Crippen LogP contribution in [0, 0.1) is 5.92 Å². The van der Waals surface area contributed by atoms with Gasteiger partial charge in [-0.05, 0) is 0 Å². The van der Waals surface area contributed by atoms with Crippen LogP contribution in [-0.4, -0.2) is 28.1 Å². The third-order valence-electron chi connectivity index (χ3n) is 1.73. The molecule has 17 heavy (non-hydrogen) atoms. The molecule has 0 aliphatic heterocycles. The first-order valence-electron chi connectivity index (χ1n) is 4.07. The normalized spacial score (nSPS) is 12.9. The van der Waals surface area contributed by atoms with Crippen molar-refractivity contribution in [3.63, 3.8) is 0 Å². The highest BCUT2D eigenvalue weighted by atomic mass is 19.4. The van der Waals surface area contributed by atoms with Crippen LogP contribution in [0.25, 0.3) is 0 Å². The van der Waals surface area contributed by atoms with E-state index in [-0.39, 0.29) is 0 Å². The molecule has 9 heteroatoms. The van der Waals surface area contributed by atoms with E-state index in [2.05, 4.69) is 9.97 Å². The van der Waals surface area contributed by atoms with Gasteiger partial charge >= 0.3 is 12.4 Å². The SMILES string of the molecule is O=C(c1cnccn1)C(C(F)(F)F)C(F)(F)F. The van der Waals surface area contributed by atoms with Gasteiger partial charge in [-0.1, -0.05) is 0 Å². The minimum atomic E-state index is -5.72. The molecular weight excluding hydrogens is 254 g/mol. The van der Waals surface area contributed by atoms with Crippen LogP contribution in [0.2, 0.25) is 0 Å². The number of hydrogen-bond acceptors (Lipinski definition) is 3. The highest BCUT2D eigenvalue weighted by Gasteiger charge is 2.61. The van der Waals surface area contributed by atoms with Crippen molar-refractivity contribution in [3.8, 4) is 0 Å². The first-order valence-corrected chi connectivity index (χ1v) is 4.07. The Kier molecular flexibility index (Phi) is 3.39. The molecule has 1 aromatic rings. The Morgan fingerprint density at radius 3 is 1.94 bits per heavy atom. The molecule has 1 aromatic heterocycles. The molecule has 0 N–H and O–H groups in total. The van der Waals surface area contributed by atoms with Gasteiger partial charge in [-0.2, -0.15) is 26.3 Å². The van der Waals surface area contributed by atoms with Crippen molar-refractivity contribution in [2.24, 2.45) is 5.92 Å². The lowest BCUT2D eigenvalue weighted by atomic mass is 10.0. The van der Waals surface area contributed by atoms with Crippen LogP contribution in [0.15, 0.2) is 18.6 Å². The van der Waals surface area contributed by atoms with Crippen molar-refractivity contribution in [2.75, 3.05) is 0 Å². The Hall–Kier alpha value is -1.67. The summed E-state index contributed by atoms with van der Waals surface area (Å²) in [7, 11) is 0. The number of halogens is 6. The van der Waals surface area contributed by atoms with E-state index in [9.17, 15) is 31.1 Å². The van der Waals surface area contributed by atoms with Crippen molar-refractivity contribution < 1.29 is 31.1 Å². The van der Waals surface area contributed by atoms with Crippen molar-refractivity contribution in [1.29, 1.82) is 0 Å².